The highest BCUT2D eigenvalue weighted by Gasteiger charge is 2.47. The van der Waals surface area contributed by atoms with E-state index in [1.54, 1.807) is 26.0 Å². The Bertz CT molecular complexity index is 952. The van der Waals surface area contributed by atoms with Crippen molar-refractivity contribution >= 4 is 24.9 Å². The molecule has 5 atom stereocenters. The topological polar surface area (TPSA) is 177 Å². The minimum absolute atomic E-state index is 0.194. The zero-order chi connectivity index (χ0) is 20.1. The van der Waals surface area contributed by atoms with Crippen LogP contribution in [0.25, 0.3) is 11.2 Å². The van der Waals surface area contributed by atoms with Gasteiger partial charge in [0.05, 0.1) is 13.7 Å². The van der Waals surface area contributed by atoms with Gasteiger partial charge in [-0.15, -0.1) is 0 Å². The first kappa shape index (κ1) is 19.9. The maximum Gasteiger partial charge on any atom is 0.313 e. The molecule has 14 heteroatoms. The van der Waals surface area contributed by atoms with Crippen LogP contribution in [0.3, 0.4) is 0 Å². The van der Waals surface area contributed by atoms with E-state index in [4.69, 9.17) is 9.63 Å². The number of nitrogens with zero attached hydrogens (tertiary/aromatic N) is 4. The molecule has 3 heterocycles. The molecule has 0 radical (unpaired) electrons. The highest BCUT2D eigenvalue weighted by atomic mass is 31.2. The maximum absolute atomic E-state index is 12.4. The third-order valence-corrected chi connectivity index (χ3v) is 4.67. The SMILES string of the molecule is CN(C)c1nc2c(c(=O)[nH]1)n(C)c[n+]2[C@@H]1O[C@H](COP(=O)([O-])O)[C@@H](O)[C@H]1O. The quantitative estimate of drug-likeness (QED) is 0.291. The van der Waals surface area contributed by atoms with Gasteiger partial charge in [0.15, 0.2) is 6.33 Å². The first-order chi connectivity index (χ1) is 12.5. The largest absolute Gasteiger partial charge is 0.756 e. The van der Waals surface area contributed by atoms with E-state index < -0.39 is 44.5 Å². The standard InChI is InChI=1S/C13H20N5O8P/c1-16(2)13-14-10-7(11(21)15-13)17(3)5-18(10)12-9(20)8(19)6(26-12)4-25-27(22,23)24/h5-6,8-9,12,19-20H,4H2,1-3H3,(H2-,14,15,21,22,23,24)/t6-,8-,9-,12-/m1/s1. The number of ether oxygens (including phenoxy) is 1. The van der Waals surface area contributed by atoms with Gasteiger partial charge in [0, 0.05) is 14.1 Å². The van der Waals surface area contributed by atoms with E-state index in [1.165, 1.54) is 15.5 Å². The fraction of sp³-hybridized carbons (Fsp3) is 0.615. The fourth-order valence-electron chi connectivity index (χ4n) is 2.90. The predicted octanol–water partition coefficient (Wildman–Crippen LogP) is -3.29. The lowest BCUT2D eigenvalue weighted by Crippen LogP contribution is -2.46. The second-order valence-electron chi connectivity index (χ2n) is 6.40. The van der Waals surface area contributed by atoms with Crippen molar-refractivity contribution < 1.29 is 38.4 Å². The lowest BCUT2D eigenvalue weighted by molar-refractivity contribution is -0.745. The van der Waals surface area contributed by atoms with Crippen molar-refractivity contribution in [2.75, 3.05) is 25.6 Å². The number of hydrogen-bond acceptors (Lipinski definition) is 9. The van der Waals surface area contributed by atoms with Crippen LogP contribution in [0.4, 0.5) is 5.95 Å². The van der Waals surface area contributed by atoms with Crippen LogP contribution in [0, 0.1) is 0 Å². The number of imidazole rings is 1. The maximum atomic E-state index is 12.4. The molecule has 1 fully saturated rings. The van der Waals surface area contributed by atoms with Gasteiger partial charge in [0.2, 0.25) is 11.7 Å². The van der Waals surface area contributed by atoms with Crippen molar-refractivity contribution in [1.82, 2.24) is 14.5 Å². The highest BCUT2D eigenvalue weighted by Crippen LogP contribution is 2.34. The summed E-state index contributed by atoms with van der Waals surface area (Å²) in [5, 5.41) is 20.5. The number of H-pyrrole nitrogens is 1. The smallest absolute Gasteiger partial charge is 0.313 e. The van der Waals surface area contributed by atoms with E-state index in [2.05, 4.69) is 14.5 Å². The fourth-order valence-corrected chi connectivity index (χ4v) is 3.24. The van der Waals surface area contributed by atoms with Crippen LogP contribution < -0.4 is 19.9 Å². The molecule has 1 unspecified atom stereocenters. The first-order valence-corrected chi connectivity index (χ1v) is 9.37. The third-order valence-electron chi connectivity index (χ3n) is 4.20. The van der Waals surface area contributed by atoms with Crippen molar-refractivity contribution in [3.63, 3.8) is 0 Å². The van der Waals surface area contributed by atoms with Crippen LogP contribution in [0.1, 0.15) is 6.23 Å². The number of aromatic nitrogens is 4. The van der Waals surface area contributed by atoms with Crippen LogP contribution in [0.15, 0.2) is 11.1 Å². The molecule has 0 bridgehead atoms. The van der Waals surface area contributed by atoms with Crippen molar-refractivity contribution in [3.05, 3.63) is 16.7 Å². The molecule has 1 saturated heterocycles. The van der Waals surface area contributed by atoms with Gasteiger partial charge in [-0.05, 0) is 0 Å². The average Bonchev–Trinajstić information content (AvgIpc) is 3.03. The second-order valence-corrected chi connectivity index (χ2v) is 7.60. The number of phosphoric ester groups is 1. The number of anilines is 1. The second kappa shape index (κ2) is 6.95. The molecule has 0 aromatic carbocycles. The first-order valence-electron chi connectivity index (χ1n) is 7.87. The van der Waals surface area contributed by atoms with E-state index in [1.807, 2.05) is 0 Å². The Kier molecular flexibility index (Phi) is 5.12. The van der Waals surface area contributed by atoms with E-state index in [0.717, 1.165) is 0 Å². The Balaban J connectivity index is 1.99. The van der Waals surface area contributed by atoms with Crippen LogP contribution in [0.5, 0.6) is 0 Å². The summed E-state index contributed by atoms with van der Waals surface area (Å²) in [6.45, 7) is -0.686. The number of aryl methyl sites for hydroxylation is 1. The summed E-state index contributed by atoms with van der Waals surface area (Å²) in [6, 6.07) is 0. The molecule has 4 N–H and O–H groups in total. The lowest BCUT2D eigenvalue weighted by Gasteiger charge is -2.19. The van der Waals surface area contributed by atoms with Crippen molar-refractivity contribution in [2.45, 2.75) is 24.5 Å². The van der Waals surface area contributed by atoms with Crippen molar-refractivity contribution in [3.8, 4) is 0 Å². The van der Waals surface area contributed by atoms with Crippen LogP contribution in [0.2, 0.25) is 0 Å². The van der Waals surface area contributed by atoms with Gasteiger partial charge in [-0.2, -0.15) is 0 Å². The minimum Gasteiger partial charge on any atom is -0.756 e. The zero-order valence-corrected chi connectivity index (χ0v) is 15.6. The van der Waals surface area contributed by atoms with Gasteiger partial charge in [-0.25, -0.2) is 4.57 Å². The summed E-state index contributed by atoms with van der Waals surface area (Å²) in [7, 11) is -0.0401. The Morgan fingerprint density at radius 2 is 2.15 bits per heavy atom. The van der Waals surface area contributed by atoms with E-state index in [-0.39, 0.29) is 17.1 Å². The number of aliphatic hydroxyl groups is 2. The summed E-state index contributed by atoms with van der Waals surface area (Å²) in [6.07, 6.45) is -3.87. The normalized spacial score (nSPS) is 27.8. The van der Waals surface area contributed by atoms with Crippen LogP contribution in [-0.2, 0) is 20.9 Å². The molecule has 13 nitrogen and oxygen atoms in total. The Morgan fingerprint density at radius 1 is 1.48 bits per heavy atom. The molecule has 3 rings (SSSR count). The number of aromatic amines is 1. The van der Waals surface area contributed by atoms with E-state index >= 15 is 0 Å². The molecule has 27 heavy (non-hydrogen) atoms. The number of rotatable bonds is 5. The lowest BCUT2D eigenvalue weighted by atomic mass is 10.1. The summed E-state index contributed by atoms with van der Waals surface area (Å²) in [4.78, 5) is 40.3. The molecule has 2 aromatic rings. The molecule has 0 saturated carbocycles. The third kappa shape index (κ3) is 3.75. The molecular weight excluding hydrogens is 385 g/mol. The van der Waals surface area contributed by atoms with E-state index in [0.29, 0.717) is 0 Å². The van der Waals surface area contributed by atoms with Gasteiger partial charge < -0.3 is 34.2 Å². The Morgan fingerprint density at radius 3 is 2.74 bits per heavy atom. The molecule has 1 aliphatic rings. The molecule has 2 aromatic heterocycles. The summed E-state index contributed by atoms with van der Waals surface area (Å²) < 4.78 is 23.3. The number of aliphatic hydroxyl groups excluding tert-OH is 2. The van der Waals surface area contributed by atoms with Crippen LogP contribution >= 0.6 is 7.82 Å². The monoisotopic (exact) mass is 405 g/mol. The average molecular weight is 405 g/mol. The molecular formula is C13H20N5O8P. The van der Waals surface area contributed by atoms with Gasteiger partial charge in [-0.1, -0.05) is 4.98 Å². The van der Waals surface area contributed by atoms with Gasteiger partial charge in [-0.3, -0.25) is 18.9 Å². The highest BCUT2D eigenvalue weighted by molar-refractivity contribution is 7.44. The summed E-state index contributed by atoms with van der Waals surface area (Å²) in [5.74, 6) is 0.271. The number of fused-ring (bicyclic) bond motifs is 1. The van der Waals surface area contributed by atoms with Crippen LogP contribution in [-0.4, -0.2) is 68.7 Å². The predicted molar refractivity (Wildman–Crippen MR) is 87.6 cm³/mol. The molecule has 150 valence electrons. The van der Waals surface area contributed by atoms with Gasteiger partial charge in [0.25, 0.3) is 19.3 Å². The molecule has 0 aliphatic carbocycles. The Hall–Kier alpha value is -1.86. The Labute approximate surface area is 152 Å². The molecule has 0 spiro atoms. The number of hydrogen-bond donors (Lipinski definition) is 4. The zero-order valence-electron chi connectivity index (χ0n) is 14.7. The van der Waals surface area contributed by atoms with Crippen molar-refractivity contribution in [2.24, 2.45) is 7.05 Å². The minimum atomic E-state index is -5.01. The number of phosphoric acid groups is 1. The van der Waals surface area contributed by atoms with Crippen molar-refractivity contribution in [1.29, 1.82) is 0 Å². The molecule has 0 amide bonds. The van der Waals surface area contributed by atoms with Gasteiger partial charge >= 0.3 is 5.65 Å². The summed E-state index contributed by atoms with van der Waals surface area (Å²) in [5.41, 5.74) is -0.00475. The van der Waals surface area contributed by atoms with E-state index in [9.17, 15) is 24.5 Å². The van der Waals surface area contributed by atoms with Gasteiger partial charge in [0.1, 0.15) is 18.3 Å². The summed E-state index contributed by atoms with van der Waals surface area (Å²) >= 11 is 0. The molecule has 1 aliphatic heterocycles. The number of nitrogens with one attached hydrogen (secondary N) is 1.